The van der Waals surface area contributed by atoms with Gasteiger partial charge in [-0.3, -0.25) is 0 Å². The molecule has 0 saturated heterocycles. The van der Waals surface area contributed by atoms with E-state index >= 15 is 0 Å². The zero-order valence-electron chi connectivity index (χ0n) is 26.4. The molecule has 0 N–H and O–H groups in total. The van der Waals surface area contributed by atoms with Crippen molar-refractivity contribution in [3.63, 3.8) is 0 Å². The van der Waals surface area contributed by atoms with Gasteiger partial charge >= 0.3 is 257 Å². The predicted molar refractivity (Wildman–Crippen MR) is 197 cm³/mol. The van der Waals surface area contributed by atoms with Gasteiger partial charge in [-0.15, -0.1) is 24.8 Å². The van der Waals surface area contributed by atoms with Crippen molar-refractivity contribution in [1.82, 2.24) is 0 Å². The van der Waals surface area contributed by atoms with E-state index in [1.807, 2.05) is 0 Å². The second-order valence-electron chi connectivity index (χ2n) is 12.1. The molecule has 4 aromatic carbocycles. The molecule has 2 aliphatic carbocycles. The first-order chi connectivity index (χ1) is 20.4. The molecular formula is C40H44Cl2HfSi. The van der Waals surface area contributed by atoms with E-state index in [1.54, 1.807) is 13.3 Å². The fraction of sp³-hybridized carbons (Fsp3) is 0.200. The first-order valence-electron chi connectivity index (χ1n) is 15.5. The van der Waals surface area contributed by atoms with Crippen molar-refractivity contribution in [2.45, 2.75) is 53.4 Å². The third kappa shape index (κ3) is 5.47. The summed E-state index contributed by atoms with van der Waals surface area (Å²) < 4.78 is 6.55. The van der Waals surface area contributed by atoms with Crippen molar-refractivity contribution < 1.29 is 17.1 Å². The van der Waals surface area contributed by atoms with Gasteiger partial charge in [-0.25, -0.2) is 0 Å². The van der Waals surface area contributed by atoms with Gasteiger partial charge in [0.05, 0.1) is 0 Å². The number of aryl methyl sites for hydroxylation is 2. The average molecular weight is 802 g/mol. The zero-order chi connectivity index (χ0) is 29.3. The number of rotatable bonds is 8. The van der Waals surface area contributed by atoms with E-state index in [2.05, 4.69) is 156 Å². The van der Waals surface area contributed by atoms with Crippen LogP contribution in [0.15, 0.2) is 139 Å². The number of hydrogen-bond donors (Lipinski definition) is 0. The van der Waals surface area contributed by atoms with Crippen LogP contribution in [-0.4, -0.2) is 6.94 Å². The van der Waals surface area contributed by atoms with E-state index in [0.717, 1.165) is 25.7 Å². The minimum absolute atomic E-state index is 0. The molecule has 44 heavy (non-hydrogen) atoms. The molecule has 0 radical (unpaired) electrons. The van der Waals surface area contributed by atoms with Crippen LogP contribution in [0.25, 0.3) is 11.1 Å². The standard InChI is InChI=1S/2C14H15.2C6H5.2ClH.Hf.H2Si/c2*1-3-12-7-9-13(10-8-12)14-6-4-5-11(14)2;2*1-2-4-6-5-3-1;;;;/h2*6-10H,3-4H2,1-2H3;2*1-5H;2*1H;;1H2. The Balaban J connectivity index is 0.00000221. The smallest absolute Gasteiger partial charge is 0.147 e. The molecule has 6 rings (SSSR count). The zero-order valence-corrected chi connectivity index (χ0v) is 33.0. The quantitative estimate of drug-likeness (QED) is 0.156. The Morgan fingerprint density at radius 2 is 0.864 bits per heavy atom. The molecule has 0 nitrogen and oxygen atoms in total. The molecule has 2 aliphatic rings. The van der Waals surface area contributed by atoms with Gasteiger partial charge < -0.3 is 0 Å². The second-order valence-corrected chi connectivity index (χ2v) is 42.7. The van der Waals surface area contributed by atoms with Gasteiger partial charge in [0.15, 0.2) is 0 Å². The normalized spacial score (nSPS) is 15.0. The van der Waals surface area contributed by atoms with Crippen molar-refractivity contribution in [3.8, 4) is 0 Å². The molecule has 0 aromatic heterocycles. The van der Waals surface area contributed by atoms with E-state index in [1.165, 1.54) is 44.5 Å². The number of halogens is 2. The maximum atomic E-state index is 2.53. The molecular weight excluding hydrogens is 758 g/mol. The maximum absolute atomic E-state index is 4.54. The van der Waals surface area contributed by atoms with Crippen molar-refractivity contribution in [1.29, 1.82) is 0 Å². The van der Waals surface area contributed by atoms with Crippen molar-refractivity contribution >= 4 is 49.5 Å². The summed E-state index contributed by atoms with van der Waals surface area (Å²) in [6, 6.07) is 41.9. The molecule has 4 heteroatoms. The molecule has 4 aromatic rings. The number of allylic oxidation sites excluding steroid dienone is 8. The van der Waals surface area contributed by atoms with Crippen LogP contribution in [0.2, 0.25) is 0 Å². The molecule has 0 fully saturated rings. The SMILES string of the molecule is CCc1ccc(C2=CC[C]([Hf](=[SiH2])([C]3=C(C)C(c4ccc(CC)cc4)=CC3)([c]3ccccc3)[c]3ccccc3)=C2C)cc1.Cl.Cl. The Bertz CT molecular complexity index is 1690. The topological polar surface area (TPSA) is 0 Å². The molecule has 0 amide bonds. The van der Waals surface area contributed by atoms with Crippen LogP contribution >= 0.6 is 24.8 Å². The summed E-state index contributed by atoms with van der Waals surface area (Å²) in [6.07, 6.45) is 9.26. The monoisotopic (exact) mass is 802 g/mol. The summed E-state index contributed by atoms with van der Waals surface area (Å²) in [5, 5.41) is 0. The van der Waals surface area contributed by atoms with E-state index in [9.17, 15) is 0 Å². The summed E-state index contributed by atoms with van der Waals surface area (Å²) in [5.41, 5.74) is 11.3. The van der Waals surface area contributed by atoms with Gasteiger partial charge in [-0.1, -0.05) is 0 Å². The fourth-order valence-electron chi connectivity index (χ4n) is 7.79. The van der Waals surface area contributed by atoms with Gasteiger partial charge in [-0.2, -0.15) is 0 Å². The third-order valence-electron chi connectivity index (χ3n) is 10.2. The molecule has 226 valence electrons. The van der Waals surface area contributed by atoms with Gasteiger partial charge in [0.2, 0.25) is 0 Å². The van der Waals surface area contributed by atoms with Crippen LogP contribution < -0.4 is 6.64 Å². The summed E-state index contributed by atoms with van der Waals surface area (Å²) in [4.78, 5) is 0. The van der Waals surface area contributed by atoms with Gasteiger partial charge in [0, 0.05) is 0 Å². The predicted octanol–water partition coefficient (Wildman–Crippen LogP) is 9.37. The molecule has 0 spiro atoms. The third-order valence-corrected chi connectivity index (χ3v) is 49.2. The van der Waals surface area contributed by atoms with Crippen LogP contribution in [0, 0.1) is 0 Å². The van der Waals surface area contributed by atoms with Crippen molar-refractivity contribution in [2.75, 3.05) is 0 Å². The van der Waals surface area contributed by atoms with Crippen LogP contribution in [0.3, 0.4) is 0 Å². The minimum Gasteiger partial charge on any atom is -0.147 e. The van der Waals surface area contributed by atoms with E-state index in [-0.39, 0.29) is 24.8 Å². The second kappa shape index (κ2) is 13.9. The summed E-state index contributed by atoms with van der Waals surface area (Å²) in [6.45, 7) is 11.7. The summed E-state index contributed by atoms with van der Waals surface area (Å²) in [7, 11) is 0. The molecule has 0 aliphatic heterocycles. The number of benzene rings is 4. The van der Waals surface area contributed by atoms with Crippen molar-refractivity contribution in [3.05, 3.63) is 161 Å². The molecule has 0 atom stereocenters. The molecule has 0 bridgehead atoms. The van der Waals surface area contributed by atoms with Gasteiger partial charge in [0.25, 0.3) is 0 Å². The summed E-state index contributed by atoms with van der Waals surface area (Å²) >= 11 is -4.54. The number of hydrogen-bond acceptors (Lipinski definition) is 0. The molecule has 0 unspecified atom stereocenters. The van der Waals surface area contributed by atoms with E-state index in [0.29, 0.717) is 0 Å². The first kappa shape index (κ1) is 34.4. The van der Waals surface area contributed by atoms with E-state index in [4.69, 9.17) is 0 Å². The Labute approximate surface area is 279 Å². The average Bonchev–Trinajstić information content (AvgIpc) is 3.65. The van der Waals surface area contributed by atoms with Crippen LogP contribution in [0.4, 0.5) is 0 Å². The maximum Gasteiger partial charge on any atom is -0.147 e. The Morgan fingerprint density at radius 3 is 1.18 bits per heavy atom. The first-order valence-corrected chi connectivity index (χ1v) is 31.1. The Morgan fingerprint density at radius 1 is 0.523 bits per heavy atom. The molecule has 0 heterocycles. The van der Waals surface area contributed by atoms with E-state index < -0.39 is 17.1 Å². The Hall–Kier alpha value is -2.49. The largest absolute Gasteiger partial charge is 0.147 e. The van der Waals surface area contributed by atoms with Crippen LogP contribution in [0.5, 0.6) is 0 Å². The minimum atomic E-state index is -4.54. The van der Waals surface area contributed by atoms with Crippen LogP contribution in [0.1, 0.15) is 62.8 Å². The van der Waals surface area contributed by atoms with Gasteiger partial charge in [0.1, 0.15) is 0 Å². The van der Waals surface area contributed by atoms with Gasteiger partial charge in [-0.05, 0) is 0 Å². The van der Waals surface area contributed by atoms with Crippen molar-refractivity contribution in [2.24, 2.45) is 0 Å². The summed E-state index contributed by atoms with van der Waals surface area (Å²) in [5.74, 6) is 0. The van der Waals surface area contributed by atoms with Crippen LogP contribution in [-0.2, 0) is 30.0 Å². The molecule has 0 saturated carbocycles. The fourth-order valence-corrected chi connectivity index (χ4v) is 43.4. The Kier molecular flexibility index (Phi) is 10.8.